The number of carbonyl (C=O) groups excluding carboxylic acids is 1. The van der Waals surface area contributed by atoms with Gasteiger partial charge in [0.1, 0.15) is 12.4 Å². The molecule has 0 spiro atoms. The van der Waals surface area contributed by atoms with Crippen LogP contribution in [0.2, 0.25) is 5.02 Å². The molecule has 4 heteroatoms. The van der Waals surface area contributed by atoms with Crippen molar-refractivity contribution >= 4 is 17.4 Å². The van der Waals surface area contributed by atoms with Crippen LogP contribution in [0.15, 0.2) is 48.5 Å². The molecule has 0 aliphatic rings. The lowest BCUT2D eigenvalue weighted by molar-refractivity contribution is 0.0726. The number of hydrogen-bond acceptors (Lipinski definition) is 3. The Morgan fingerprint density at radius 1 is 1.14 bits per heavy atom. The van der Waals surface area contributed by atoms with Gasteiger partial charge in [0.2, 0.25) is 0 Å². The number of hydrogen-bond donors (Lipinski definition) is 0. The van der Waals surface area contributed by atoms with Gasteiger partial charge in [-0.1, -0.05) is 23.7 Å². The summed E-state index contributed by atoms with van der Waals surface area (Å²) in [5.41, 5.74) is 1.56. The Balaban J connectivity index is 1.84. The van der Waals surface area contributed by atoms with Gasteiger partial charge in [-0.05, 0) is 48.9 Å². The molecule has 3 nitrogen and oxygen atoms in total. The highest BCUT2D eigenvalue weighted by molar-refractivity contribution is 6.30. The first kappa shape index (κ1) is 15.5. The number of rotatable bonds is 7. The van der Waals surface area contributed by atoms with E-state index in [2.05, 4.69) is 0 Å². The van der Waals surface area contributed by atoms with E-state index in [0.717, 1.165) is 11.3 Å². The first-order valence-corrected chi connectivity index (χ1v) is 7.15. The molecule has 2 aromatic rings. The van der Waals surface area contributed by atoms with Crippen LogP contribution in [0.25, 0.3) is 0 Å². The molecule has 0 aliphatic heterocycles. The average molecular weight is 305 g/mol. The number of benzene rings is 2. The third-order valence-corrected chi connectivity index (χ3v) is 3.11. The Morgan fingerprint density at radius 2 is 1.90 bits per heavy atom. The zero-order valence-electron chi connectivity index (χ0n) is 11.8. The first-order chi connectivity index (χ1) is 10.2. The Hall–Kier alpha value is -1.84. The van der Waals surface area contributed by atoms with Crippen molar-refractivity contribution in [3.63, 3.8) is 0 Å². The molecule has 0 atom stereocenters. The maximum Gasteiger partial charge on any atom is 0.188 e. The second-order valence-corrected chi connectivity index (χ2v) is 4.94. The van der Waals surface area contributed by atoms with Crippen LogP contribution in [0.5, 0.6) is 5.75 Å². The molecule has 0 bridgehead atoms. The fraction of sp³-hybridized carbons (Fsp3) is 0.235. The van der Waals surface area contributed by atoms with Crippen LogP contribution in [0, 0.1) is 0 Å². The fourth-order valence-corrected chi connectivity index (χ4v) is 2.09. The summed E-state index contributed by atoms with van der Waals surface area (Å²) in [4.78, 5) is 12.0. The molecule has 21 heavy (non-hydrogen) atoms. The summed E-state index contributed by atoms with van der Waals surface area (Å²) in [5.74, 6) is 0.703. The summed E-state index contributed by atoms with van der Waals surface area (Å²) in [6, 6.07) is 14.5. The van der Waals surface area contributed by atoms with Gasteiger partial charge in [-0.2, -0.15) is 0 Å². The van der Waals surface area contributed by atoms with Crippen molar-refractivity contribution in [2.75, 3.05) is 13.2 Å². The fourth-order valence-electron chi connectivity index (χ4n) is 1.88. The van der Waals surface area contributed by atoms with Crippen molar-refractivity contribution in [3.8, 4) is 5.75 Å². The first-order valence-electron chi connectivity index (χ1n) is 6.77. The molecule has 0 N–H and O–H groups in total. The topological polar surface area (TPSA) is 35.5 Å². The maximum atomic E-state index is 12.0. The number of halogens is 1. The Bertz CT molecular complexity index is 593. The van der Waals surface area contributed by atoms with E-state index >= 15 is 0 Å². The van der Waals surface area contributed by atoms with E-state index in [4.69, 9.17) is 21.1 Å². The minimum absolute atomic E-state index is 0.0422. The summed E-state index contributed by atoms with van der Waals surface area (Å²) < 4.78 is 10.8. The minimum Gasteiger partial charge on any atom is -0.494 e. The molecule has 0 saturated carbocycles. The number of carbonyl (C=O) groups is 1. The van der Waals surface area contributed by atoms with Gasteiger partial charge in [-0.25, -0.2) is 0 Å². The van der Waals surface area contributed by atoms with Crippen LogP contribution in [0.1, 0.15) is 22.8 Å². The van der Waals surface area contributed by atoms with Crippen molar-refractivity contribution in [2.24, 2.45) is 0 Å². The highest BCUT2D eigenvalue weighted by atomic mass is 35.5. The summed E-state index contributed by atoms with van der Waals surface area (Å²) in [7, 11) is 0. The van der Waals surface area contributed by atoms with Crippen LogP contribution in [0.3, 0.4) is 0 Å². The predicted molar refractivity (Wildman–Crippen MR) is 83.0 cm³/mol. The zero-order valence-corrected chi connectivity index (χ0v) is 12.6. The van der Waals surface area contributed by atoms with Crippen molar-refractivity contribution in [3.05, 3.63) is 64.7 Å². The van der Waals surface area contributed by atoms with Gasteiger partial charge in [0.05, 0.1) is 13.2 Å². The monoisotopic (exact) mass is 304 g/mol. The Morgan fingerprint density at radius 3 is 2.57 bits per heavy atom. The van der Waals surface area contributed by atoms with Crippen molar-refractivity contribution < 1.29 is 14.3 Å². The van der Waals surface area contributed by atoms with Gasteiger partial charge in [-0.3, -0.25) is 4.79 Å². The average Bonchev–Trinajstić information content (AvgIpc) is 2.48. The molecule has 0 fully saturated rings. The second-order valence-electron chi connectivity index (χ2n) is 4.50. The van der Waals surface area contributed by atoms with Gasteiger partial charge in [0, 0.05) is 10.6 Å². The molecule has 0 aromatic heterocycles. The Labute approximate surface area is 129 Å². The van der Waals surface area contributed by atoms with Gasteiger partial charge in [-0.15, -0.1) is 0 Å². The molecule has 0 unspecified atom stereocenters. The lowest BCUT2D eigenvalue weighted by Crippen LogP contribution is -2.09. The van der Waals surface area contributed by atoms with E-state index < -0.39 is 0 Å². The molecule has 0 amide bonds. The molecule has 0 radical (unpaired) electrons. The molecule has 110 valence electrons. The van der Waals surface area contributed by atoms with Gasteiger partial charge < -0.3 is 9.47 Å². The molecule has 0 heterocycles. The zero-order chi connectivity index (χ0) is 15.1. The quantitative estimate of drug-likeness (QED) is 0.721. The summed E-state index contributed by atoms with van der Waals surface area (Å²) in [5, 5.41) is 0.661. The van der Waals surface area contributed by atoms with Crippen LogP contribution >= 0.6 is 11.6 Å². The summed E-state index contributed by atoms with van der Waals surface area (Å²) in [6.45, 7) is 2.93. The van der Waals surface area contributed by atoms with Gasteiger partial charge in [0.15, 0.2) is 5.78 Å². The second kappa shape index (κ2) is 7.81. The summed E-state index contributed by atoms with van der Waals surface area (Å²) >= 11 is 5.89. The Kier molecular flexibility index (Phi) is 5.78. The van der Waals surface area contributed by atoms with E-state index in [9.17, 15) is 4.79 Å². The van der Waals surface area contributed by atoms with Crippen molar-refractivity contribution in [1.82, 2.24) is 0 Å². The standard InChI is InChI=1S/C17H17ClO3/c1-2-21-16-8-6-14(7-9-16)17(19)12-20-11-13-4-3-5-15(18)10-13/h3-10H,2,11-12H2,1H3. The molecule has 0 aliphatic carbocycles. The number of ether oxygens (including phenoxy) is 2. The van der Waals surface area contributed by atoms with E-state index in [1.165, 1.54) is 0 Å². The minimum atomic E-state index is -0.0555. The van der Waals surface area contributed by atoms with Crippen molar-refractivity contribution in [2.45, 2.75) is 13.5 Å². The highest BCUT2D eigenvalue weighted by Gasteiger charge is 2.06. The van der Waals surface area contributed by atoms with E-state index in [0.29, 0.717) is 23.8 Å². The molecular weight excluding hydrogens is 288 g/mol. The van der Waals surface area contributed by atoms with E-state index in [1.54, 1.807) is 30.3 Å². The lowest BCUT2D eigenvalue weighted by Gasteiger charge is -2.06. The highest BCUT2D eigenvalue weighted by Crippen LogP contribution is 2.14. The summed E-state index contributed by atoms with van der Waals surface area (Å²) in [6.07, 6.45) is 0. The SMILES string of the molecule is CCOc1ccc(C(=O)COCc2cccc(Cl)c2)cc1. The van der Waals surface area contributed by atoms with Crippen LogP contribution in [-0.4, -0.2) is 19.0 Å². The lowest BCUT2D eigenvalue weighted by atomic mass is 10.1. The third kappa shape index (κ3) is 4.88. The number of ketones is 1. The van der Waals surface area contributed by atoms with Crippen molar-refractivity contribution in [1.29, 1.82) is 0 Å². The molecule has 0 saturated heterocycles. The normalized spacial score (nSPS) is 10.4. The van der Waals surface area contributed by atoms with Crippen LogP contribution in [-0.2, 0) is 11.3 Å². The largest absolute Gasteiger partial charge is 0.494 e. The van der Waals surface area contributed by atoms with Crippen LogP contribution in [0.4, 0.5) is 0 Å². The third-order valence-electron chi connectivity index (χ3n) is 2.88. The molecule has 2 aromatic carbocycles. The van der Waals surface area contributed by atoms with Crippen LogP contribution < -0.4 is 4.74 Å². The van der Waals surface area contributed by atoms with E-state index in [1.807, 2.05) is 25.1 Å². The van der Waals surface area contributed by atoms with Gasteiger partial charge in [0.25, 0.3) is 0 Å². The predicted octanol–water partition coefficient (Wildman–Crippen LogP) is 4.14. The van der Waals surface area contributed by atoms with E-state index in [-0.39, 0.29) is 12.4 Å². The maximum absolute atomic E-state index is 12.0. The van der Waals surface area contributed by atoms with Gasteiger partial charge >= 0.3 is 0 Å². The molecular formula is C17H17ClO3. The molecule has 2 rings (SSSR count). The number of Topliss-reactive ketones (excluding diaryl/α,β-unsaturated/α-hetero) is 1. The smallest absolute Gasteiger partial charge is 0.188 e.